The topological polar surface area (TPSA) is 32.3 Å². The Morgan fingerprint density at radius 3 is 2.60 bits per heavy atom. The average Bonchev–Trinajstić information content (AvgIpc) is 2.88. The number of rotatable bonds is 3. The SMILES string of the molecule is CN(C(=O)CC1CCCN1)C1CCCC1. The standard InChI is InChI=1S/C12H22N2O/c1-14(11-6-2-3-7-11)12(15)9-10-5-4-8-13-10/h10-11,13H,2-9H2,1H3. The smallest absolute Gasteiger partial charge is 0.224 e. The fraction of sp³-hybridized carbons (Fsp3) is 0.917. The first-order valence-electron chi connectivity index (χ1n) is 6.26. The molecule has 2 fully saturated rings. The van der Waals surface area contributed by atoms with E-state index in [2.05, 4.69) is 5.32 Å². The molecule has 1 N–H and O–H groups in total. The molecule has 0 aromatic heterocycles. The molecule has 0 bridgehead atoms. The van der Waals surface area contributed by atoms with Crippen LogP contribution < -0.4 is 5.32 Å². The number of carbonyl (C=O) groups is 1. The monoisotopic (exact) mass is 210 g/mol. The molecule has 1 heterocycles. The second-order valence-electron chi connectivity index (χ2n) is 4.94. The van der Waals surface area contributed by atoms with E-state index in [9.17, 15) is 4.79 Å². The summed E-state index contributed by atoms with van der Waals surface area (Å²) >= 11 is 0. The van der Waals surface area contributed by atoms with Gasteiger partial charge in [-0.15, -0.1) is 0 Å². The van der Waals surface area contributed by atoms with E-state index in [1.165, 1.54) is 38.5 Å². The van der Waals surface area contributed by atoms with Gasteiger partial charge in [-0.1, -0.05) is 12.8 Å². The van der Waals surface area contributed by atoms with Crippen LogP contribution in [0, 0.1) is 0 Å². The van der Waals surface area contributed by atoms with E-state index >= 15 is 0 Å². The summed E-state index contributed by atoms with van der Waals surface area (Å²) < 4.78 is 0. The van der Waals surface area contributed by atoms with E-state index in [4.69, 9.17) is 0 Å². The quantitative estimate of drug-likeness (QED) is 0.766. The molecule has 1 saturated carbocycles. The fourth-order valence-electron chi connectivity index (χ4n) is 2.78. The van der Waals surface area contributed by atoms with Gasteiger partial charge in [0.25, 0.3) is 0 Å². The fourth-order valence-corrected chi connectivity index (χ4v) is 2.78. The molecule has 15 heavy (non-hydrogen) atoms. The lowest BCUT2D eigenvalue weighted by molar-refractivity contribution is -0.132. The van der Waals surface area contributed by atoms with Crippen molar-refractivity contribution < 1.29 is 4.79 Å². The molecule has 2 rings (SSSR count). The minimum Gasteiger partial charge on any atom is -0.343 e. The Balaban J connectivity index is 1.78. The lowest BCUT2D eigenvalue weighted by atomic mass is 10.1. The van der Waals surface area contributed by atoms with Gasteiger partial charge in [0.1, 0.15) is 0 Å². The molecule has 3 heteroatoms. The van der Waals surface area contributed by atoms with Gasteiger partial charge >= 0.3 is 0 Å². The van der Waals surface area contributed by atoms with Crippen LogP contribution in [0.2, 0.25) is 0 Å². The highest BCUT2D eigenvalue weighted by atomic mass is 16.2. The molecule has 1 aliphatic carbocycles. The van der Waals surface area contributed by atoms with Crippen molar-refractivity contribution in [2.24, 2.45) is 0 Å². The second kappa shape index (κ2) is 4.97. The Bertz CT molecular complexity index is 218. The average molecular weight is 210 g/mol. The van der Waals surface area contributed by atoms with Crippen molar-refractivity contribution in [3.8, 4) is 0 Å². The van der Waals surface area contributed by atoms with Crippen LogP contribution in [0.3, 0.4) is 0 Å². The molecule has 2 aliphatic rings. The third-order valence-corrected chi connectivity index (χ3v) is 3.85. The van der Waals surface area contributed by atoms with Crippen LogP contribution in [0.15, 0.2) is 0 Å². The number of nitrogens with zero attached hydrogens (tertiary/aromatic N) is 1. The van der Waals surface area contributed by atoms with Crippen LogP contribution in [0.25, 0.3) is 0 Å². The third kappa shape index (κ3) is 2.71. The second-order valence-corrected chi connectivity index (χ2v) is 4.94. The van der Waals surface area contributed by atoms with Crippen molar-refractivity contribution in [3.63, 3.8) is 0 Å². The van der Waals surface area contributed by atoms with Gasteiger partial charge in [-0.2, -0.15) is 0 Å². The van der Waals surface area contributed by atoms with Crippen LogP contribution in [-0.2, 0) is 4.79 Å². The van der Waals surface area contributed by atoms with E-state index in [0.29, 0.717) is 24.4 Å². The minimum absolute atomic E-state index is 0.335. The first-order chi connectivity index (χ1) is 7.27. The lowest BCUT2D eigenvalue weighted by Crippen LogP contribution is -2.38. The van der Waals surface area contributed by atoms with E-state index in [-0.39, 0.29) is 0 Å². The summed E-state index contributed by atoms with van der Waals surface area (Å²) in [6.07, 6.45) is 8.11. The zero-order chi connectivity index (χ0) is 10.7. The Morgan fingerprint density at radius 1 is 1.27 bits per heavy atom. The molecule has 3 nitrogen and oxygen atoms in total. The zero-order valence-electron chi connectivity index (χ0n) is 9.67. The number of carbonyl (C=O) groups excluding carboxylic acids is 1. The molecule has 0 radical (unpaired) electrons. The van der Waals surface area contributed by atoms with Crippen molar-refractivity contribution in [1.29, 1.82) is 0 Å². The van der Waals surface area contributed by atoms with Crippen LogP contribution in [0.5, 0.6) is 0 Å². The maximum atomic E-state index is 12.0. The summed E-state index contributed by atoms with van der Waals surface area (Å²) in [5.41, 5.74) is 0. The Hall–Kier alpha value is -0.570. The summed E-state index contributed by atoms with van der Waals surface area (Å²) in [5.74, 6) is 0.335. The van der Waals surface area contributed by atoms with Crippen molar-refractivity contribution in [2.45, 2.75) is 57.0 Å². The predicted molar refractivity (Wildman–Crippen MR) is 60.7 cm³/mol. The Kier molecular flexibility index (Phi) is 3.62. The largest absolute Gasteiger partial charge is 0.343 e. The van der Waals surface area contributed by atoms with Crippen molar-refractivity contribution in [3.05, 3.63) is 0 Å². The molecule has 1 amide bonds. The summed E-state index contributed by atoms with van der Waals surface area (Å²) in [6.45, 7) is 1.09. The molecule has 86 valence electrons. The number of nitrogens with one attached hydrogen (secondary N) is 1. The van der Waals surface area contributed by atoms with Crippen molar-refractivity contribution in [1.82, 2.24) is 10.2 Å². The normalized spacial score (nSPS) is 27.1. The van der Waals surface area contributed by atoms with Gasteiger partial charge in [-0.25, -0.2) is 0 Å². The van der Waals surface area contributed by atoms with Gasteiger partial charge in [-0.05, 0) is 32.2 Å². The highest BCUT2D eigenvalue weighted by Crippen LogP contribution is 2.23. The summed E-state index contributed by atoms with van der Waals surface area (Å²) in [5, 5.41) is 3.39. The Morgan fingerprint density at radius 2 is 2.00 bits per heavy atom. The maximum absolute atomic E-state index is 12.0. The van der Waals surface area contributed by atoms with Crippen LogP contribution >= 0.6 is 0 Å². The Labute approximate surface area is 92.2 Å². The minimum atomic E-state index is 0.335. The first kappa shape index (κ1) is 10.9. The van der Waals surface area contributed by atoms with Crippen LogP contribution in [-0.4, -0.2) is 36.5 Å². The molecular weight excluding hydrogens is 188 g/mol. The van der Waals surface area contributed by atoms with E-state index in [0.717, 1.165) is 6.54 Å². The predicted octanol–water partition coefficient (Wildman–Crippen LogP) is 1.53. The summed E-state index contributed by atoms with van der Waals surface area (Å²) in [7, 11) is 1.98. The highest BCUT2D eigenvalue weighted by Gasteiger charge is 2.25. The van der Waals surface area contributed by atoms with Crippen molar-refractivity contribution >= 4 is 5.91 Å². The van der Waals surface area contributed by atoms with E-state index < -0.39 is 0 Å². The van der Waals surface area contributed by atoms with Gasteiger partial charge in [0.05, 0.1) is 0 Å². The maximum Gasteiger partial charge on any atom is 0.224 e. The van der Waals surface area contributed by atoms with E-state index in [1.54, 1.807) is 0 Å². The highest BCUT2D eigenvalue weighted by molar-refractivity contribution is 5.77. The molecule has 0 aromatic rings. The molecule has 1 aliphatic heterocycles. The molecule has 1 atom stereocenters. The number of hydrogen-bond acceptors (Lipinski definition) is 2. The number of amides is 1. The molecule has 1 unspecified atom stereocenters. The molecule has 0 aromatic carbocycles. The lowest BCUT2D eigenvalue weighted by Gasteiger charge is -2.25. The van der Waals surface area contributed by atoms with E-state index in [1.807, 2.05) is 11.9 Å². The van der Waals surface area contributed by atoms with Crippen molar-refractivity contribution in [2.75, 3.05) is 13.6 Å². The third-order valence-electron chi connectivity index (χ3n) is 3.85. The van der Waals surface area contributed by atoms with Gasteiger partial charge in [0, 0.05) is 25.6 Å². The summed E-state index contributed by atoms with van der Waals surface area (Å²) in [4.78, 5) is 14.0. The number of hydrogen-bond donors (Lipinski definition) is 1. The first-order valence-corrected chi connectivity index (χ1v) is 6.26. The molecule has 0 spiro atoms. The summed E-state index contributed by atoms with van der Waals surface area (Å²) in [6, 6.07) is 0.972. The van der Waals surface area contributed by atoms with Crippen LogP contribution in [0.1, 0.15) is 44.9 Å². The molecular formula is C12H22N2O. The van der Waals surface area contributed by atoms with Gasteiger partial charge in [-0.3, -0.25) is 4.79 Å². The van der Waals surface area contributed by atoms with Gasteiger partial charge < -0.3 is 10.2 Å². The van der Waals surface area contributed by atoms with Gasteiger partial charge in [0.15, 0.2) is 0 Å². The molecule has 1 saturated heterocycles. The van der Waals surface area contributed by atoms with Crippen LogP contribution in [0.4, 0.5) is 0 Å². The zero-order valence-corrected chi connectivity index (χ0v) is 9.67. The van der Waals surface area contributed by atoms with Gasteiger partial charge in [0.2, 0.25) is 5.91 Å².